The van der Waals surface area contributed by atoms with E-state index in [9.17, 15) is 0 Å². The molecule has 78 valence electrons. The Balaban J connectivity index is 2.82. The summed E-state index contributed by atoms with van der Waals surface area (Å²) in [4.78, 5) is 2.15. The van der Waals surface area contributed by atoms with Gasteiger partial charge in [0.05, 0.1) is 0 Å². The molecule has 1 aromatic carbocycles. The summed E-state index contributed by atoms with van der Waals surface area (Å²) in [5.74, 6) is 0.680. The molecule has 0 radical (unpaired) electrons. The summed E-state index contributed by atoms with van der Waals surface area (Å²) in [6, 6.07) is 8.83. The predicted octanol–water partition coefficient (Wildman–Crippen LogP) is 3.66. The zero-order valence-corrected chi connectivity index (χ0v) is 9.75. The van der Waals surface area contributed by atoms with E-state index in [2.05, 4.69) is 57.1 Å². The molecule has 0 aromatic heterocycles. The average Bonchev–Trinajstić information content (AvgIpc) is 2.18. The van der Waals surface area contributed by atoms with Gasteiger partial charge in [-0.3, -0.25) is 0 Å². The minimum absolute atomic E-state index is 0.680. The van der Waals surface area contributed by atoms with Crippen molar-refractivity contribution in [3.8, 4) is 0 Å². The lowest BCUT2D eigenvalue weighted by Gasteiger charge is -2.16. The van der Waals surface area contributed by atoms with Crippen LogP contribution in [0.25, 0.3) is 0 Å². The Morgan fingerprint density at radius 2 is 2.00 bits per heavy atom. The standard InChI is InChI=1S/C13H21N/c1-5-7-11(2)12-8-6-9-13(10-12)14(3)4/h6,8-11H,5,7H2,1-4H3. The van der Waals surface area contributed by atoms with Crippen molar-refractivity contribution in [2.24, 2.45) is 0 Å². The molecule has 1 aromatic rings. The third-order valence-corrected chi connectivity index (χ3v) is 2.68. The fraction of sp³-hybridized carbons (Fsp3) is 0.538. The number of nitrogens with zero attached hydrogens (tertiary/aromatic N) is 1. The lowest BCUT2D eigenvalue weighted by molar-refractivity contribution is 0.665. The van der Waals surface area contributed by atoms with Gasteiger partial charge >= 0.3 is 0 Å². The summed E-state index contributed by atoms with van der Waals surface area (Å²) in [6.07, 6.45) is 2.53. The summed E-state index contributed by atoms with van der Waals surface area (Å²) in [5.41, 5.74) is 2.75. The van der Waals surface area contributed by atoms with E-state index in [1.54, 1.807) is 0 Å². The molecule has 0 N–H and O–H groups in total. The topological polar surface area (TPSA) is 3.24 Å². The Labute approximate surface area is 87.7 Å². The minimum atomic E-state index is 0.680. The van der Waals surface area contributed by atoms with Gasteiger partial charge in [-0.15, -0.1) is 0 Å². The van der Waals surface area contributed by atoms with Crippen LogP contribution < -0.4 is 4.90 Å². The van der Waals surface area contributed by atoms with E-state index in [0.29, 0.717) is 5.92 Å². The number of rotatable bonds is 4. The van der Waals surface area contributed by atoms with Crippen LogP contribution in [0.5, 0.6) is 0 Å². The summed E-state index contributed by atoms with van der Waals surface area (Å²) < 4.78 is 0. The van der Waals surface area contributed by atoms with Crippen LogP contribution in [0.4, 0.5) is 5.69 Å². The highest BCUT2D eigenvalue weighted by Gasteiger charge is 2.05. The van der Waals surface area contributed by atoms with Crippen molar-refractivity contribution < 1.29 is 0 Å². The van der Waals surface area contributed by atoms with Gasteiger partial charge in [0.2, 0.25) is 0 Å². The molecule has 0 aliphatic carbocycles. The highest BCUT2D eigenvalue weighted by atomic mass is 15.1. The second-order valence-corrected chi connectivity index (χ2v) is 4.18. The number of hydrogen-bond donors (Lipinski definition) is 0. The second-order valence-electron chi connectivity index (χ2n) is 4.18. The molecule has 0 saturated heterocycles. The van der Waals surface area contributed by atoms with Crippen LogP contribution in [0.3, 0.4) is 0 Å². The first kappa shape index (κ1) is 11.1. The molecule has 0 heterocycles. The summed E-state index contributed by atoms with van der Waals surface area (Å²) >= 11 is 0. The first-order chi connectivity index (χ1) is 6.65. The van der Waals surface area contributed by atoms with Gasteiger partial charge in [-0.1, -0.05) is 32.4 Å². The van der Waals surface area contributed by atoms with Crippen molar-refractivity contribution in [1.29, 1.82) is 0 Å². The summed E-state index contributed by atoms with van der Waals surface area (Å²) in [5, 5.41) is 0. The minimum Gasteiger partial charge on any atom is -0.378 e. The molecule has 0 fully saturated rings. The highest BCUT2D eigenvalue weighted by molar-refractivity contribution is 5.47. The molecule has 14 heavy (non-hydrogen) atoms. The molecule has 0 saturated carbocycles. The molecule has 1 heteroatoms. The molecular weight excluding hydrogens is 170 g/mol. The van der Waals surface area contributed by atoms with Crippen molar-refractivity contribution in [2.45, 2.75) is 32.6 Å². The Morgan fingerprint density at radius 1 is 1.29 bits per heavy atom. The molecule has 1 unspecified atom stereocenters. The molecular formula is C13H21N. The fourth-order valence-electron chi connectivity index (χ4n) is 1.71. The van der Waals surface area contributed by atoms with E-state index in [-0.39, 0.29) is 0 Å². The zero-order valence-electron chi connectivity index (χ0n) is 9.75. The average molecular weight is 191 g/mol. The van der Waals surface area contributed by atoms with E-state index in [4.69, 9.17) is 0 Å². The van der Waals surface area contributed by atoms with Crippen molar-refractivity contribution >= 4 is 5.69 Å². The quantitative estimate of drug-likeness (QED) is 0.702. The van der Waals surface area contributed by atoms with E-state index in [1.165, 1.54) is 24.1 Å². The molecule has 0 spiro atoms. The van der Waals surface area contributed by atoms with E-state index >= 15 is 0 Å². The first-order valence-corrected chi connectivity index (χ1v) is 5.42. The molecule has 1 rings (SSSR count). The smallest absolute Gasteiger partial charge is 0.0363 e. The zero-order chi connectivity index (χ0) is 10.6. The van der Waals surface area contributed by atoms with Gasteiger partial charge in [0, 0.05) is 19.8 Å². The lowest BCUT2D eigenvalue weighted by atomic mass is 9.96. The Morgan fingerprint density at radius 3 is 2.57 bits per heavy atom. The third-order valence-electron chi connectivity index (χ3n) is 2.68. The monoisotopic (exact) mass is 191 g/mol. The van der Waals surface area contributed by atoms with Crippen LogP contribution in [0.15, 0.2) is 24.3 Å². The van der Waals surface area contributed by atoms with Gasteiger partial charge in [0.25, 0.3) is 0 Å². The SMILES string of the molecule is CCCC(C)c1cccc(N(C)C)c1. The van der Waals surface area contributed by atoms with Gasteiger partial charge in [-0.25, -0.2) is 0 Å². The number of anilines is 1. The first-order valence-electron chi connectivity index (χ1n) is 5.42. The molecule has 0 aliphatic rings. The van der Waals surface area contributed by atoms with E-state index in [1.807, 2.05) is 0 Å². The lowest BCUT2D eigenvalue weighted by Crippen LogP contribution is -2.09. The van der Waals surface area contributed by atoms with E-state index in [0.717, 1.165) is 0 Å². The maximum atomic E-state index is 2.30. The van der Waals surface area contributed by atoms with Gasteiger partial charge in [0.15, 0.2) is 0 Å². The summed E-state index contributed by atoms with van der Waals surface area (Å²) in [6.45, 7) is 4.55. The molecule has 1 atom stereocenters. The Bertz CT molecular complexity index is 278. The Hall–Kier alpha value is -0.980. The number of hydrogen-bond acceptors (Lipinski definition) is 1. The third kappa shape index (κ3) is 2.76. The van der Waals surface area contributed by atoms with Gasteiger partial charge < -0.3 is 4.90 Å². The Kier molecular flexibility index (Phi) is 3.99. The largest absolute Gasteiger partial charge is 0.378 e. The number of benzene rings is 1. The summed E-state index contributed by atoms with van der Waals surface area (Å²) in [7, 11) is 4.17. The predicted molar refractivity (Wildman–Crippen MR) is 64.1 cm³/mol. The van der Waals surface area contributed by atoms with Crippen molar-refractivity contribution in [3.63, 3.8) is 0 Å². The van der Waals surface area contributed by atoms with E-state index < -0.39 is 0 Å². The van der Waals surface area contributed by atoms with Crippen LogP contribution in [0.1, 0.15) is 38.2 Å². The maximum Gasteiger partial charge on any atom is 0.0363 e. The maximum absolute atomic E-state index is 2.30. The van der Waals surface area contributed by atoms with Crippen molar-refractivity contribution in [1.82, 2.24) is 0 Å². The normalized spacial score (nSPS) is 12.6. The molecule has 0 bridgehead atoms. The van der Waals surface area contributed by atoms with Crippen molar-refractivity contribution in [3.05, 3.63) is 29.8 Å². The van der Waals surface area contributed by atoms with Crippen LogP contribution in [-0.2, 0) is 0 Å². The van der Waals surface area contributed by atoms with Gasteiger partial charge in [-0.05, 0) is 30.0 Å². The molecule has 0 aliphatic heterocycles. The molecule has 0 amide bonds. The molecule has 1 nitrogen and oxygen atoms in total. The van der Waals surface area contributed by atoms with Crippen LogP contribution in [0.2, 0.25) is 0 Å². The highest BCUT2D eigenvalue weighted by Crippen LogP contribution is 2.23. The van der Waals surface area contributed by atoms with Gasteiger partial charge in [-0.2, -0.15) is 0 Å². The fourth-order valence-corrected chi connectivity index (χ4v) is 1.71. The van der Waals surface area contributed by atoms with Crippen LogP contribution >= 0.6 is 0 Å². The van der Waals surface area contributed by atoms with Crippen molar-refractivity contribution in [2.75, 3.05) is 19.0 Å². The second kappa shape index (κ2) is 5.04. The van der Waals surface area contributed by atoms with Gasteiger partial charge in [0.1, 0.15) is 0 Å². The van der Waals surface area contributed by atoms with Crippen LogP contribution in [-0.4, -0.2) is 14.1 Å². The van der Waals surface area contributed by atoms with Crippen LogP contribution in [0, 0.1) is 0 Å².